The van der Waals surface area contributed by atoms with Crippen molar-refractivity contribution in [1.82, 2.24) is 39.9 Å². The number of azide groups is 1. The summed E-state index contributed by atoms with van der Waals surface area (Å²) in [7, 11) is 0.299. The molecular weight excluding hydrogens is 1780 g/mol. The van der Waals surface area contributed by atoms with Crippen LogP contribution in [0.2, 0.25) is 0 Å². The van der Waals surface area contributed by atoms with E-state index in [0.717, 1.165) is 22.3 Å². The molecule has 0 aliphatic carbocycles. The van der Waals surface area contributed by atoms with Crippen molar-refractivity contribution in [2.45, 2.75) is 178 Å². The Morgan fingerprint density at radius 2 is 0.984 bits per heavy atom. The number of likely N-dealkylation sites (N-methyl/N-ethyl adjacent to an activating group) is 2. The number of benzene rings is 6. The van der Waals surface area contributed by atoms with Crippen LogP contribution >= 0.6 is 43.2 Å². The van der Waals surface area contributed by atoms with Crippen molar-refractivity contribution >= 4 is 110 Å². The molecule has 17 rings (SSSR count). The number of alkyl carbamates (subject to hydrolysis) is 1. The van der Waals surface area contributed by atoms with Gasteiger partial charge in [-0.15, -0.1) is 11.5 Å². The maximum Gasteiger partial charge on any atom is 0.407 e. The van der Waals surface area contributed by atoms with Crippen molar-refractivity contribution in [3.8, 4) is 23.8 Å². The molecule has 692 valence electrons. The number of para-hydroxylation sites is 2. The summed E-state index contributed by atoms with van der Waals surface area (Å²) in [6.07, 6.45) is 6.83. The zero-order valence-electron chi connectivity index (χ0n) is 73.1. The SMILES string of the molecule is C.C#CCOCCOCCOCCNC(=O)OC(C)(C)C.CN1C(=O)[C@@]23C[C@]4(c5ccc(OCCCN=[N+]=[N-])cc5)c5ccccc5N(S(=O)(=O)c5ccccc5)[C@@H]4N2C(=O)[C@]1(C)SS3.CN1C(=O)[C@@]23C[C@]4(c5ccc(OCCCn6cc(COCCOCCOCCCC(=O)OC(C)(C)C)nn6)cc5)c5ccccc5N(S(=O)(=O)c5ccccc5)[C@@H]4N2C(=O)[C@]1(C)SS3. The fraction of sp³-hybridized carbons (Fsp3) is 0.489. The number of terminal acetylenes is 1. The van der Waals surface area contributed by atoms with Crippen LogP contribution in [0, 0.1) is 12.3 Å². The van der Waals surface area contributed by atoms with Crippen LogP contribution in [0.4, 0.5) is 16.2 Å². The second-order valence-corrected chi connectivity index (χ2v) is 42.7. The number of amides is 5. The highest BCUT2D eigenvalue weighted by Gasteiger charge is 2.81. The fourth-order valence-corrected chi connectivity index (χ4v) is 27.2. The quantitative estimate of drug-likeness (QED) is 0.00714. The summed E-state index contributed by atoms with van der Waals surface area (Å²) in [6.45, 7) is 21.5. The standard InChI is InChI=1S/C45H54N6O10S3.C30H28N6O5S3.C14H25NO5.CH4/c1-42(2,3)61-38(52)17-11-23-57-25-26-58-27-28-59-30-33-29-49(47-46-33)22-12-24-60-34-20-18-32(19-21-34)44-31-45-41(54)48(5)43(4,62-63-45)40(53)50(45)39(44)51(37-16-10-9-15-36(37)44)64(55,56)35-13-7-6-8-14-35;1-28-26(37)35-25-29(19-30(35,43-42-28)27(38)34(28)2,20-13-15-21(16-14-20)41-18-8-17-32-33-31)23-11-6-7-12-24(23)36(25)44(39,40)22-9-4-3-5-10-22;1-5-7-17-9-11-19-12-10-18-8-6-15-13(16)20-14(2,3)4;/h6-10,13-16,18-21,29,39H,11-12,17,22-28,30-31H2,1-5H3;3-7,9-16,25H,8,17-19H2,1-2H3;1H,6-12H2,2-4H3,(H,15,16);1H4/t39-,43-,44-,45-;25-,28-,29-,30-;;/m00../s1. The van der Waals surface area contributed by atoms with E-state index in [1.807, 2.05) is 121 Å². The Hall–Kier alpha value is -9.79. The lowest BCUT2D eigenvalue weighted by atomic mass is 9.72. The summed E-state index contributed by atoms with van der Waals surface area (Å²) in [5.41, 5.74) is 10.0. The molecule has 2 spiro atoms. The molecule has 1 aromatic heterocycles. The number of rotatable bonds is 38. The normalized spacial score (nSPS) is 23.1. The molecule has 8 atom stereocenters. The average molecular weight is 1890 g/mol. The third kappa shape index (κ3) is 20.0. The molecule has 10 aliphatic rings. The van der Waals surface area contributed by atoms with Crippen LogP contribution < -0.4 is 23.4 Å². The molecule has 1 N–H and O–H groups in total. The molecule has 0 saturated carbocycles. The number of sulfonamides is 2. The molecule has 0 radical (unpaired) electrons. The van der Waals surface area contributed by atoms with Gasteiger partial charge in [-0.3, -0.25) is 38.5 Å². The Kier molecular flexibility index (Phi) is 31.5. The maximum absolute atomic E-state index is 14.8. The van der Waals surface area contributed by atoms with Crippen LogP contribution in [0.5, 0.6) is 11.5 Å². The molecule has 33 nitrogen and oxygen atoms in total. The predicted molar refractivity (Wildman–Crippen MR) is 491 cm³/mol. The average Bonchev–Trinajstić information content (AvgIpc) is 1.44. The third-order valence-electron chi connectivity index (χ3n) is 22.7. The van der Waals surface area contributed by atoms with Crippen molar-refractivity contribution in [3.05, 3.63) is 202 Å². The number of esters is 1. The minimum absolute atomic E-state index is 0. The van der Waals surface area contributed by atoms with Gasteiger partial charge in [0.1, 0.15) is 47.3 Å². The van der Waals surface area contributed by atoms with Crippen molar-refractivity contribution < 1.29 is 93.0 Å². The first kappa shape index (κ1) is 98.2. The smallest absolute Gasteiger partial charge is 0.407 e. The van der Waals surface area contributed by atoms with E-state index in [-0.39, 0.29) is 59.7 Å². The largest absolute Gasteiger partial charge is 0.494 e. The lowest BCUT2D eigenvalue weighted by Crippen LogP contribution is -2.76. The first-order valence-electron chi connectivity index (χ1n) is 42.0. The highest BCUT2D eigenvalue weighted by atomic mass is 33.1. The lowest BCUT2D eigenvalue weighted by molar-refractivity contribution is -0.163. The summed E-state index contributed by atoms with van der Waals surface area (Å²) >= 11 is 0. The molecule has 8 saturated heterocycles. The predicted octanol–water partition coefficient (Wildman–Crippen LogP) is 12.7. The Morgan fingerprint density at radius 3 is 1.45 bits per heavy atom. The van der Waals surface area contributed by atoms with E-state index in [0.29, 0.717) is 166 Å². The Labute approximate surface area is 769 Å². The molecule has 8 fully saturated rings. The zero-order valence-corrected chi connectivity index (χ0v) is 78.0. The van der Waals surface area contributed by atoms with E-state index in [9.17, 15) is 45.6 Å². The molecule has 7 aromatic rings. The van der Waals surface area contributed by atoms with Crippen molar-refractivity contribution in [3.63, 3.8) is 0 Å². The Morgan fingerprint density at radius 1 is 0.550 bits per heavy atom. The number of piperazine rings is 2. The van der Waals surface area contributed by atoms with E-state index < -0.39 is 80.0 Å². The minimum Gasteiger partial charge on any atom is -0.494 e. The van der Waals surface area contributed by atoms with Gasteiger partial charge < -0.3 is 62.5 Å². The number of aryl methyl sites for hydroxylation is 1. The summed E-state index contributed by atoms with van der Waals surface area (Å²) in [5.74, 6) is 2.33. The van der Waals surface area contributed by atoms with Crippen LogP contribution in [0.3, 0.4) is 0 Å². The second kappa shape index (κ2) is 41.3. The molecule has 39 heteroatoms. The maximum atomic E-state index is 14.8. The van der Waals surface area contributed by atoms with Gasteiger partial charge in [0.15, 0.2) is 19.5 Å². The molecule has 6 aromatic carbocycles. The number of aromatic nitrogens is 3. The first-order chi connectivity index (χ1) is 61.2. The topological polar surface area (TPSA) is 374 Å². The molecule has 5 amide bonds. The van der Waals surface area contributed by atoms with E-state index in [1.165, 1.54) is 61.6 Å². The van der Waals surface area contributed by atoms with E-state index in [4.69, 9.17) is 59.3 Å². The van der Waals surface area contributed by atoms with Crippen LogP contribution in [-0.4, -0.2) is 243 Å². The number of nitrogens with one attached hydrogen (secondary N) is 1. The molecular formula is C90H111N13O20S6. The number of ether oxygens (including phenoxy) is 10. The Bertz CT molecular complexity index is 5480. The highest BCUT2D eigenvalue weighted by Crippen LogP contribution is 2.73. The summed E-state index contributed by atoms with van der Waals surface area (Å²) < 4.78 is 118. The lowest BCUT2D eigenvalue weighted by Gasteiger charge is -2.58. The van der Waals surface area contributed by atoms with E-state index in [1.54, 1.807) is 127 Å². The number of anilines is 2. The van der Waals surface area contributed by atoms with E-state index >= 15 is 0 Å². The number of hydrogen-bond donors (Lipinski definition) is 1. The highest BCUT2D eigenvalue weighted by molar-refractivity contribution is 8.78. The Balaban J connectivity index is 0.000000200. The van der Waals surface area contributed by atoms with Crippen LogP contribution in [0.15, 0.2) is 179 Å². The number of carbonyl (C=O) groups is 6. The number of hydrogen-bond acceptors (Lipinski definition) is 27. The van der Waals surface area contributed by atoms with Gasteiger partial charge in [-0.25, -0.2) is 30.2 Å². The molecule has 11 heterocycles. The van der Waals surface area contributed by atoms with Gasteiger partial charge in [-0.1, -0.05) is 164 Å². The van der Waals surface area contributed by atoms with Gasteiger partial charge in [0.25, 0.3) is 43.7 Å². The molecule has 10 aliphatic heterocycles. The van der Waals surface area contributed by atoms with Gasteiger partial charge in [-0.2, -0.15) is 0 Å². The number of fused-ring (bicyclic) bond motifs is 10. The van der Waals surface area contributed by atoms with Crippen molar-refractivity contribution in [2.75, 3.05) is 122 Å². The van der Waals surface area contributed by atoms with Crippen molar-refractivity contribution in [1.29, 1.82) is 0 Å². The fourth-order valence-electron chi connectivity index (χ4n) is 16.8. The number of carbonyl (C=O) groups excluding carboxylic acids is 6. The second-order valence-electron chi connectivity index (χ2n) is 33.5. The molecule has 129 heavy (non-hydrogen) atoms. The van der Waals surface area contributed by atoms with Gasteiger partial charge in [0.05, 0.1) is 117 Å². The van der Waals surface area contributed by atoms with Gasteiger partial charge in [0.2, 0.25) is 0 Å². The van der Waals surface area contributed by atoms with Gasteiger partial charge >= 0.3 is 12.1 Å². The molecule has 0 unspecified atom stereocenters. The monoisotopic (exact) mass is 1890 g/mol. The van der Waals surface area contributed by atoms with E-state index in [2.05, 4.69) is 31.6 Å². The van der Waals surface area contributed by atoms with Crippen LogP contribution in [-0.2, 0) is 106 Å². The minimum atomic E-state index is -4.22. The zero-order chi connectivity index (χ0) is 91.5. The summed E-state index contributed by atoms with van der Waals surface area (Å²) in [6, 6.07) is 46.1. The first-order valence-corrected chi connectivity index (χ1v) is 49.2. The van der Waals surface area contributed by atoms with Gasteiger partial charge in [0, 0.05) is 70.9 Å². The molecule has 4 bridgehead atoms. The van der Waals surface area contributed by atoms with Gasteiger partial charge in [-0.05, 0) is 157 Å². The van der Waals surface area contributed by atoms with Crippen molar-refractivity contribution in [2.24, 2.45) is 5.11 Å². The van der Waals surface area contributed by atoms with Crippen LogP contribution in [0.1, 0.15) is 129 Å². The van der Waals surface area contributed by atoms with Crippen LogP contribution in [0.25, 0.3) is 10.4 Å². The summed E-state index contributed by atoms with van der Waals surface area (Å²) in [4.78, 5) is 84.9. The number of nitrogens with zero attached hydrogens (tertiary/aromatic N) is 12. The summed E-state index contributed by atoms with van der Waals surface area (Å²) in [5, 5.41) is 14.6. The third-order valence-corrected chi connectivity index (χ3v) is 33.7.